The average molecular weight is 455 g/mol. The van der Waals surface area contributed by atoms with E-state index in [1.165, 1.54) is 0 Å². The fourth-order valence-corrected chi connectivity index (χ4v) is 5.23. The molecule has 0 spiro atoms. The van der Waals surface area contributed by atoms with Gasteiger partial charge in [-0.05, 0) is 50.8 Å². The molecule has 3 aromatic rings. The van der Waals surface area contributed by atoms with E-state index in [9.17, 15) is 13.2 Å². The largest absolute Gasteiger partial charge is 0.337 e. The van der Waals surface area contributed by atoms with E-state index in [0.29, 0.717) is 48.2 Å². The van der Waals surface area contributed by atoms with Crippen LogP contribution in [0.4, 0.5) is 0 Å². The van der Waals surface area contributed by atoms with Crippen LogP contribution in [0.5, 0.6) is 0 Å². The normalized spacial score (nSPS) is 19.4. The lowest BCUT2D eigenvalue weighted by Gasteiger charge is -2.33. The highest BCUT2D eigenvalue weighted by Crippen LogP contribution is 2.41. The summed E-state index contributed by atoms with van der Waals surface area (Å²) < 4.78 is 27.7. The van der Waals surface area contributed by atoms with Gasteiger partial charge in [-0.1, -0.05) is 6.07 Å². The molecule has 4 heterocycles. The number of amides is 1. The van der Waals surface area contributed by atoms with Gasteiger partial charge in [0.2, 0.25) is 10.0 Å². The lowest BCUT2D eigenvalue weighted by molar-refractivity contribution is 0.0705. The molecule has 1 amide bonds. The first kappa shape index (κ1) is 21.0. The van der Waals surface area contributed by atoms with Gasteiger partial charge in [0, 0.05) is 36.9 Å². The van der Waals surface area contributed by atoms with E-state index in [1.807, 2.05) is 31.2 Å². The first-order valence-corrected chi connectivity index (χ1v) is 12.8. The lowest BCUT2D eigenvalue weighted by atomic mass is 10.0. The molecule has 2 fully saturated rings. The molecule has 3 aromatic heterocycles. The second-order valence-electron chi connectivity index (χ2n) is 8.73. The standard InChI is InChI=1S/C22H26N6O3S/c1-14-20-17(22(29)27-11-5-6-16(13-27)26-32(2,30)31)12-18(15-8-9-15)24-21(20)28(25-14)19-7-3-4-10-23-19/h3-4,7,10,12,15-16,26H,5-6,8-9,11,13H2,1-2H3. The molecule has 1 atom stereocenters. The van der Waals surface area contributed by atoms with Crippen molar-refractivity contribution in [2.75, 3.05) is 19.3 Å². The van der Waals surface area contributed by atoms with Crippen molar-refractivity contribution >= 4 is 27.0 Å². The summed E-state index contributed by atoms with van der Waals surface area (Å²) in [4.78, 5) is 24.7. The van der Waals surface area contributed by atoms with E-state index in [2.05, 4.69) is 14.8 Å². The predicted molar refractivity (Wildman–Crippen MR) is 120 cm³/mol. The number of fused-ring (bicyclic) bond motifs is 1. The number of aryl methyl sites for hydroxylation is 1. The molecule has 1 N–H and O–H groups in total. The Labute approximate surface area is 186 Å². The van der Waals surface area contributed by atoms with E-state index in [-0.39, 0.29) is 11.9 Å². The van der Waals surface area contributed by atoms with Gasteiger partial charge >= 0.3 is 0 Å². The smallest absolute Gasteiger partial charge is 0.254 e. The van der Waals surface area contributed by atoms with Gasteiger partial charge in [0.05, 0.1) is 22.9 Å². The Hall–Kier alpha value is -2.85. The van der Waals surface area contributed by atoms with Gasteiger partial charge in [0.1, 0.15) is 0 Å². The zero-order valence-corrected chi connectivity index (χ0v) is 19.0. The van der Waals surface area contributed by atoms with Crippen LogP contribution in [-0.4, -0.2) is 64.4 Å². The van der Waals surface area contributed by atoms with Crippen LogP contribution >= 0.6 is 0 Å². The first-order valence-electron chi connectivity index (χ1n) is 10.9. The maximum Gasteiger partial charge on any atom is 0.254 e. The number of likely N-dealkylation sites (tertiary alicyclic amines) is 1. The third kappa shape index (κ3) is 4.12. The Kier molecular flexibility index (Phi) is 5.21. The number of hydrogen-bond acceptors (Lipinski definition) is 6. The summed E-state index contributed by atoms with van der Waals surface area (Å²) in [6, 6.07) is 7.24. The molecule has 168 valence electrons. The Morgan fingerprint density at radius 3 is 2.72 bits per heavy atom. The van der Waals surface area contributed by atoms with Gasteiger partial charge in [0.25, 0.3) is 5.91 Å². The summed E-state index contributed by atoms with van der Waals surface area (Å²) >= 11 is 0. The monoisotopic (exact) mass is 454 g/mol. The number of hydrogen-bond donors (Lipinski definition) is 1. The number of pyridine rings is 2. The summed E-state index contributed by atoms with van der Waals surface area (Å²) in [6.45, 7) is 2.82. The molecule has 1 aliphatic carbocycles. The summed E-state index contributed by atoms with van der Waals surface area (Å²) in [5.74, 6) is 0.905. The highest BCUT2D eigenvalue weighted by molar-refractivity contribution is 7.88. The Morgan fingerprint density at radius 1 is 1.22 bits per heavy atom. The van der Waals surface area contributed by atoms with E-state index < -0.39 is 10.0 Å². The van der Waals surface area contributed by atoms with E-state index in [1.54, 1.807) is 15.8 Å². The molecule has 0 bridgehead atoms. The second kappa shape index (κ2) is 7.93. The summed E-state index contributed by atoms with van der Waals surface area (Å²) in [7, 11) is -3.33. The van der Waals surface area contributed by atoms with Crippen molar-refractivity contribution < 1.29 is 13.2 Å². The highest BCUT2D eigenvalue weighted by atomic mass is 32.2. The summed E-state index contributed by atoms with van der Waals surface area (Å²) in [6.07, 6.45) is 6.44. The first-order chi connectivity index (χ1) is 15.3. The zero-order chi connectivity index (χ0) is 22.5. The minimum atomic E-state index is -3.33. The van der Waals surface area contributed by atoms with Gasteiger partial charge in [0.15, 0.2) is 11.5 Å². The van der Waals surface area contributed by atoms with Crippen LogP contribution in [0, 0.1) is 6.92 Å². The van der Waals surface area contributed by atoms with E-state index in [0.717, 1.165) is 36.6 Å². The molecule has 5 rings (SSSR count). The fraction of sp³-hybridized carbons (Fsp3) is 0.455. The van der Waals surface area contributed by atoms with E-state index in [4.69, 9.17) is 4.98 Å². The van der Waals surface area contributed by atoms with Crippen molar-refractivity contribution in [3.05, 3.63) is 47.4 Å². The SMILES string of the molecule is Cc1nn(-c2ccccn2)c2nc(C3CC3)cc(C(=O)N3CCCC(NS(C)(=O)=O)C3)c12. The van der Waals surface area contributed by atoms with Gasteiger partial charge in [-0.3, -0.25) is 4.79 Å². The third-order valence-corrected chi connectivity index (χ3v) is 6.78. The molecule has 32 heavy (non-hydrogen) atoms. The average Bonchev–Trinajstić information content (AvgIpc) is 3.56. The van der Waals surface area contributed by atoms with Crippen LogP contribution in [0.15, 0.2) is 30.5 Å². The Morgan fingerprint density at radius 2 is 2.03 bits per heavy atom. The van der Waals surface area contributed by atoms with Gasteiger partial charge in [-0.15, -0.1) is 0 Å². The number of aromatic nitrogens is 4. The van der Waals surface area contributed by atoms with Crippen molar-refractivity contribution in [2.24, 2.45) is 0 Å². The topological polar surface area (TPSA) is 110 Å². The number of rotatable bonds is 5. The molecule has 2 aliphatic rings. The number of carbonyl (C=O) groups excluding carboxylic acids is 1. The van der Waals surface area contributed by atoms with Crippen molar-refractivity contribution in [2.45, 2.75) is 44.6 Å². The Bertz CT molecular complexity index is 1280. The van der Waals surface area contributed by atoms with Crippen molar-refractivity contribution in [3.63, 3.8) is 0 Å². The van der Waals surface area contributed by atoms with Crippen LogP contribution < -0.4 is 4.72 Å². The molecule has 1 aliphatic heterocycles. The van der Waals surface area contributed by atoms with Crippen molar-refractivity contribution in [1.82, 2.24) is 29.4 Å². The maximum atomic E-state index is 13.7. The number of sulfonamides is 1. The molecule has 10 heteroatoms. The number of carbonyl (C=O) groups is 1. The molecule has 1 unspecified atom stereocenters. The molecule has 9 nitrogen and oxygen atoms in total. The number of nitrogens with one attached hydrogen (secondary N) is 1. The van der Waals surface area contributed by atoms with Crippen LogP contribution in [0.2, 0.25) is 0 Å². The van der Waals surface area contributed by atoms with Crippen LogP contribution in [0.25, 0.3) is 16.9 Å². The van der Waals surface area contributed by atoms with Crippen molar-refractivity contribution in [3.8, 4) is 5.82 Å². The van der Waals surface area contributed by atoms with Gasteiger partial charge in [-0.2, -0.15) is 9.78 Å². The fourth-order valence-electron chi connectivity index (χ4n) is 4.43. The van der Waals surface area contributed by atoms with E-state index >= 15 is 0 Å². The minimum absolute atomic E-state index is 0.108. The predicted octanol–water partition coefficient (Wildman–Crippen LogP) is 2.16. The maximum absolute atomic E-state index is 13.7. The Balaban J connectivity index is 1.57. The molecule has 1 saturated heterocycles. The third-order valence-electron chi connectivity index (χ3n) is 6.01. The quantitative estimate of drug-likeness (QED) is 0.633. The van der Waals surface area contributed by atoms with Crippen LogP contribution in [0.1, 0.15) is 53.3 Å². The second-order valence-corrected chi connectivity index (χ2v) is 10.5. The zero-order valence-electron chi connectivity index (χ0n) is 18.2. The number of piperidine rings is 1. The number of nitrogens with zero attached hydrogens (tertiary/aromatic N) is 5. The molecule has 0 radical (unpaired) electrons. The molecular weight excluding hydrogens is 428 g/mol. The van der Waals surface area contributed by atoms with Crippen LogP contribution in [0.3, 0.4) is 0 Å². The van der Waals surface area contributed by atoms with Crippen molar-refractivity contribution in [1.29, 1.82) is 0 Å². The van der Waals surface area contributed by atoms with Gasteiger partial charge in [-0.25, -0.2) is 23.1 Å². The minimum Gasteiger partial charge on any atom is -0.337 e. The lowest BCUT2D eigenvalue weighted by Crippen LogP contribution is -2.49. The van der Waals surface area contributed by atoms with Crippen LogP contribution in [-0.2, 0) is 10.0 Å². The highest BCUT2D eigenvalue weighted by Gasteiger charge is 2.32. The summed E-state index contributed by atoms with van der Waals surface area (Å²) in [5, 5.41) is 5.39. The summed E-state index contributed by atoms with van der Waals surface area (Å²) in [5.41, 5.74) is 2.83. The molecule has 0 aromatic carbocycles. The molecular formula is C22H26N6O3S. The molecule has 1 saturated carbocycles. The van der Waals surface area contributed by atoms with Gasteiger partial charge < -0.3 is 4.90 Å².